The molecule has 0 aliphatic heterocycles. The molecule has 0 saturated carbocycles. The van der Waals surface area contributed by atoms with E-state index in [2.05, 4.69) is 26.2 Å². The van der Waals surface area contributed by atoms with Gasteiger partial charge in [-0.3, -0.25) is 4.79 Å². The van der Waals surface area contributed by atoms with Crippen LogP contribution < -0.4 is 5.32 Å². The molecular weight excluding hydrogens is 495 g/mol. The van der Waals surface area contributed by atoms with E-state index >= 15 is 0 Å². The number of aryl methyl sites for hydroxylation is 1. The molecule has 0 saturated heterocycles. The second-order valence-corrected chi connectivity index (χ2v) is 7.83. The Labute approximate surface area is 189 Å². The minimum absolute atomic E-state index is 0.0469. The number of pyridine rings is 1. The highest BCUT2D eigenvalue weighted by Crippen LogP contribution is 2.33. The van der Waals surface area contributed by atoms with E-state index in [1.54, 1.807) is 25.1 Å². The van der Waals surface area contributed by atoms with Crippen molar-refractivity contribution in [3.8, 4) is 11.3 Å². The number of nitrogens with one attached hydrogen (secondary N) is 1. The molecule has 1 aromatic heterocycles. The fraction of sp³-hybridized carbons (Fsp3) is 0.217. The van der Waals surface area contributed by atoms with Crippen molar-refractivity contribution in [3.05, 3.63) is 88.1 Å². The van der Waals surface area contributed by atoms with E-state index in [-0.39, 0.29) is 11.3 Å². The fourth-order valence-electron chi connectivity index (χ4n) is 3.22. The van der Waals surface area contributed by atoms with Gasteiger partial charge in [0.1, 0.15) is 17.3 Å². The molecule has 0 aliphatic carbocycles. The average Bonchev–Trinajstić information content (AvgIpc) is 2.72. The molecule has 3 rings (SSSR count). The predicted octanol–water partition coefficient (Wildman–Crippen LogP) is 6.74. The van der Waals surface area contributed by atoms with E-state index in [0.717, 1.165) is 11.6 Å². The third kappa shape index (κ3) is 5.32. The summed E-state index contributed by atoms with van der Waals surface area (Å²) in [4.78, 5) is 17.2. The Kier molecular flexibility index (Phi) is 6.97. The Bertz CT molecular complexity index is 1160. The van der Waals surface area contributed by atoms with Crippen LogP contribution in [0.15, 0.2) is 48.5 Å². The smallest absolute Gasteiger partial charge is 0.344 e. The lowest BCUT2D eigenvalue weighted by Gasteiger charge is -2.17. The lowest BCUT2D eigenvalue weighted by Crippen LogP contribution is -2.28. The molecule has 0 radical (unpaired) electrons. The Morgan fingerprint density at radius 1 is 1.09 bits per heavy atom. The molecule has 0 bridgehead atoms. The first-order valence-electron chi connectivity index (χ1n) is 9.50. The molecular formula is C23H18BrF5N2O. The molecule has 1 atom stereocenters. The van der Waals surface area contributed by atoms with Crippen LogP contribution in [-0.4, -0.2) is 10.9 Å². The van der Waals surface area contributed by atoms with E-state index in [1.807, 2.05) is 0 Å². The van der Waals surface area contributed by atoms with Crippen LogP contribution in [-0.2, 0) is 11.5 Å². The highest BCUT2D eigenvalue weighted by Gasteiger charge is 2.34. The van der Waals surface area contributed by atoms with Crippen molar-refractivity contribution in [2.45, 2.75) is 31.4 Å². The van der Waals surface area contributed by atoms with Gasteiger partial charge in [0.25, 0.3) is 5.91 Å². The van der Waals surface area contributed by atoms with Crippen molar-refractivity contribution in [2.24, 2.45) is 0 Å². The zero-order valence-corrected chi connectivity index (χ0v) is 18.6. The molecule has 1 unspecified atom stereocenters. The highest BCUT2D eigenvalue weighted by atomic mass is 79.9. The number of nitrogens with zero attached hydrogens (tertiary/aromatic N) is 1. The van der Waals surface area contributed by atoms with Crippen LogP contribution in [0.2, 0.25) is 0 Å². The summed E-state index contributed by atoms with van der Waals surface area (Å²) in [7, 11) is 0. The maximum Gasteiger partial charge on any atom is 0.419 e. The zero-order valence-electron chi connectivity index (χ0n) is 17.0. The van der Waals surface area contributed by atoms with Gasteiger partial charge in [-0.25, -0.2) is 13.8 Å². The average molecular weight is 513 g/mol. The van der Waals surface area contributed by atoms with Gasteiger partial charge in [0.2, 0.25) is 0 Å². The van der Waals surface area contributed by atoms with Gasteiger partial charge in [-0.05, 0) is 73.0 Å². The van der Waals surface area contributed by atoms with Crippen LogP contribution in [0, 0.1) is 18.6 Å². The van der Waals surface area contributed by atoms with Crippen LogP contribution in [0.1, 0.15) is 45.7 Å². The van der Waals surface area contributed by atoms with Crippen molar-refractivity contribution in [1.29, 1.82) is 0 Å². The molecule has 0 fully saturated rings. The number of hydrogen-bond donors (Lipinski definition) is 1. The van der Waals surface area contributed by atoms with Gasteiger partial charge in [-0.15, -0.1) is 0 Å². The predicted molar refractivity (Wildman–Crippen MR) is 114 cm³/mol. The standard InChI is InChI=1S/C23H18BrF5N2O/c1-12-7-16(25)4-5-17(12)20-8-14(11-24)9-21(31-20)22(32)30-13(2)15-3-6-19(26)18(10-15)23(27,28)29/h3-10,13H,11H2,1-2H3,(H,30,32). The van der Waals surface area contributed by atoms with Gasteiger partial charge in [0, 0.05) is 10.9 Å². The van der Waals surface area contributed by atoms with Crippen LogP contribution in [0.3, 0.4) is 0 Å². The number of halogens is 6. The summed E-state index contributed by atoms with van der Waals surface area (Å²) in [5.74, 6) is -2.39. The summed E-state index contributed by atoms with van der Waals surface area (Å²) in [5, 5.41) is 3.02. The minimum atomic E-state index is -4.85. The fourth-order valence-corrected chi connectivity index (χ4v) is 3.54. The van der Waals surface area contributed by atoms with Crippen LogP contribution >= 0.6 is 15.9 Å². The normalized spacial score (nSPS) is 12.5. The van der Waals surface area contributed by atoms with Gasteiger partial charge in [0.05, 0.1) is 17.3 Å². The molecule has 3 nitrogen and oxygen atoms in total. The Morgan fingerprint density at radius 3 is 2.44 bits per heavy atom. The Balaban J connectivity index is 1.91. The quantitative estimate of drug-likeness (QED) is 0.303. The summed E-state index contributed by atoms with van der Waals surface area (Å²) >= 11 is 3.34. The Morgan fingerprint density at radius 2 is 1.81 bits per heavy atom. The molecule has 1 heterocycles. The maximum absolute atomic E-state index is 13.6. The van der Waals surface area contributed by atoms with E-state index < -0.39 is 35.3 Å². The molecule has 3 aromatic rings. The van der Waals surface area contributed by atoms with Crippen LogP contribution in [0.5, 0.6) is 0 Å². The highest BCUT2D eigenvalue weighted by molar-refractivity contribution is 9.08. The molecule has 0 aliphatic rings. The van der Waals surface area contributed by atoms with Crippen molar-refractivity contribution < 1.29 is 26.7 Å². The molecule has 1 amide bonds. The number of alkyl halides is 4. The first-order valence-corrected chi connectivity index (χ1v) is 10.6. The topological polar surface area (TPSA) is 42.0 Å². The number of benzene rings is 2. The zero-order chi connectivity index (χ0) is 23.6. The summed E-state index contributed by atoms with van der Waals surface area (Å²) in [6, 6.07) is 9.25. The second-order valence-electron chi connectivity index (χ2n) is 7.27. The number of amides is 1. The number of hydrogen-bond acceptors (Lipinski definition) is 2. The van der Waals surface area contributed by atoms with Gasteiger partial charge in [-0.1, -0.05) is 22.0 Å². The maximum atomic E-state index is 13.6. The van der Waals surface area contributed by atoms with Gasteiger partial charge in [0.15, 0.2) is 0 Å². The van der Waals surface area contributed by atoms with Crippen molar-refractivity contribution in [1.82, 2.24) is 10.3 Å². The van der Waals surface area contributed by atoms with Gasteiger partial charge >= 0.3 is 6.18 Å². The van der Waals surface area contributed by atoms with Gasteiger partial charge < -0.3 is 5.32 Å². The first-order chi connectivity index (χ1) is 15.0. The second kappa shape index (κ2) is 9.36. The van der Waals surface area contributed by atoms with Crippen LogP contribution in [0.4, 0.5) is 22.0 Å². The number of rotatable bonds is 5. The molecule has 0 spiro atoms. The van der Waals surface area contributed by atoms with E-state index in [0.29, 0.717) is 28.2 Å². The lowest BCUT2D eigenvalue weighted by atomic mass is 10.0. The van der Waals surface area contributed by atoms with E-state index in [4.69, 9.17) is 0 Å². The summed E-state index contributed by atoms with van der Waals surface area (Å²) < 4.78 is 66.0. The SMILES string of the molecule is Cc1cc(F)ccc1-c1cc(CBr)cc(C(=O)NC(C)c2ccc(F)c(C(F)(F)F)c2)n1. The van der Waals surface area contributed by atoms with Gasteiger partial charge in [-0.2, -0.15) is 13.2 Å². The van der Waals surface area contributed by atoms with E-state index in [9.17, 15) is 26.7 Å². The Hall–Kier alpha value is -2.81. The molecule has 9 heteroatoms. The first kappa shape index (κ1) is 23.8. The lowest BCUT2D eigenvalue weighted by molar-refractivity contribution is -0.140. The van der Waals surface area contributed by atoms with Crippen molar-refractivity contribution in [2.75, 3.05) is 0 Å². The number of carbonyl (C=O) groups excluding carboxylic acids is 1. The third-order valence-electron chi connectivity index (χ3n) is 4.88. The largest absolute Gasteiger partial charge is 0.419 e. The number of aromatic nitrogens is 1. The summed E-state index contributed by atoms with van der Waals surface area (Å²) in [5.41, 5.74) is 1.21. The monoisotopic (exact) mass is 512 g/mol. The third-order valence-corrected chi connectivity index (χ3v) is 5.53. The minimum Gasteiger partial charge on any atom is -0.344 e. The summed E-state index contributed by atoms with van der Waals surface area (Å²) in [6.45, 7) is 3.21. The molecule has 1 N–H and O–H groups in total. The van der Waals surface area contributed by atoms with Crippen LogP contribution in [0.25, 0.3) is 11.3 Å². The number of carbonyl (C=O) groups is 1. The molecule has 32 heavy (non-hydrogen) atoms. The molecule has 2 aromatic carbocycles. The van der Waals surface area contributed by atoms with E-state index in [1.165, 1.54) is 25.1 Å². The molecule has 168 valence electrons. The van der Waals surface area contributed by atoms with Crippen molar-refractivity contribution >= 4 is 21.8 Å². The summed E-state index contributed by atoms with van der Waals surface area (Å²) in [6.07, 6.45) is -4.85. The van der Waals surface area contributed by atoms with Crippen molar-refractivity contribution in [3.63, 3.8) is 0 Å².